The molecule has 2 aromatic heterocycles. The van der Waals surface area contributed by atoms with Gasteiger partial charge in [-0.25, -0.2) is 0 Å². The van der Waals surface area contributed by atoms with Crippen LogP contribution in [0.4, 0.5) is 0 Å². The lowest BCUT2D eigenvalue weighted by atomic mass is 10.1. The lowest BCUT2D eigenvalue weighted by Crippen LogP contribution is -2.24. The third-order valence-electron chi connectivity index (χ3n) is 3.11. The normalized spacial score (nSPS) is 12.8. The number of hydrogen-bond acceptors (Lipinski definition) is 5. The average molecular weight is 374 g/mol. The Hall–Kier alpha value is -0.300. The zero-order chi connectivity index (χ0) is 14.4. The largest absolute Gasteiger partial charge is 0.309 e. The fraction of sp³-hybridized carbons (Fsp3) is 0.571. The molecule has 0 aliphatic heterocycles. The molecule has 20 heavy (non-hydrogen) atoms. The molecular formula is C14H20BrN3S2. The first-order valence-corrected chi connectivity index (χ1v) is 9.47. The first-order chi connectivity index (χ1) is 9.76. The highest BCUT2D eigenvalue weighted by atomic mass is 79.9. The molecule has 0 bridgehead atoms. The van der Waals surface area contributed by atoms with Gasteiger partial charge in [0.05, 0.1) is 10.6 Å². The monoisotopic (exact) mass is 373 g/mol. The Kier molecular flexibility index (Phi) is 6.61. The van der Waals surface area contributed by atoms with Gasteiger partial charge in [0.15, 0.2) is 0 Å². The van der Waals surface area contributed by atoms with Gasteiger partial charge >= 0.3 is 0 Å². The van der Waals surface area contributed by atoms with Crippen molar-refractivity contribution in [1.82, 2.24) is 14.9 Å². The van der Waals surface area contributed by atoms with E-state index in [0.717, 1.165) is 32.2 Å². The van der Waals surface area contributed by atoms with Crippen molar-refractivity contribution >= 4 is 38.8 Å². The quantitative estimate of drug-likeness (QED) is 0.734. The molecule has 0 fully saturated rings. The highest BCUT2D eigenvalue weighted by Gasteiger charge is 2.20. The molecule has 0 spiro atoms. The van der Waals surface area contributed by atoms with Crippen molar-refractivity contribution in [3.05, 3.63) is 31.4 Å². The molecule has 0 aliphatic carbocycles. The SMILES string of the molecule is CCCNC(Cc1sccc1Br)c1snnc1CCC. The van der Waals surface area contributed by atoms with Crippen LogP contribution in [-0.4, -0.2) is 16.1 Å². The summed E-state index contributed by atoms with van der Waals surface area (Å²) in [7, 11) is 0. The van der Waals surface area contributed by atoms with Crippen LogP contribution >= 0.6 is 38.8 Å². The van der Waals surface area contributed by atoms with Gasteiger partial charge < -0.3 is 5.32 Å². The summed E-state index contributed by atoms with van der Waals surface area (Å²) in [6.07, 6.45) is 4.26. The zero-order valence-corrected chi connectivity index (χ0v) is 15.1. The first-order valence-electron chi connectivity index (χ1n) is 7.02. The minimum absolute atomic E-state index is 0.325. The molecule has 3 nitrogen and oxygen atoms in total. The Morgan fingerprint density at radius 2 is 2.20 bits per heavy atom. The van der Waals surface area contributed by atoms with Gasteiger partial charge in [0.1, 0.15) is 0 Å². The summed E-state index contributed by atoms with van der Waals surface area (Å²) in [5.41, 5.74) is 1.17. The maximum atomic E-state index is 4.31. The van der Waals surface area contributed by atoms with E-state index in [-0.39, 0.29) is 0 Å². The van der Waals surface area contributed by atoms with Gasteiger partial charge in [0, 0.05) is 21.8 Å². The number of hydrogen-bond donors (Lipinski definition) is 1. The third kappa shape index (κ3) is 4.10. The number of aryl methyl sites for hydroxylation is 1. The van der Waals surface area contributed by atoms with E-state index < -0.39 is 0 Å². The van der Waals surface area contributed by atoms with Crippen molar-refractivity contribution in [2.75, 3.05) is 6.54 Å². The summed E-state index contributed by atoms with van der Waals surface area (Å²) < 4.78 is 5.37. The van der Waals surface area contributed by atoms with E-state index in [1.54, 1.807) is 22.9 Å². The molecule has 0 saturated carbocycles. The van der Waals surface area contributed by atoms with Crippen molar-refractivity contribution < 1.29 is 0 Å². The molecule has 2 rings (SSSR count). The molecule has 0 radical (unpaired) electrons. The van der Waals surface area contributed by atoms with Crippen LogP contribution in [0, 0.1) is 0 Å². The Morgan fingerprint density at radius 1 is 1.35 bits per heavy atom. The van der Waals surface area contributed by atoms with Crippen LogP contribution in [0.25, 0.3) is 0 Å². The second kappa shape index (κ2) is 8.22. The van der Waals surface area contributed by atoms with Crippen LogP contribution in [0.5, 0.6) is 0 Å². The molecule has 2 heterocycles. The van der Waals surface area contributed by atoms with Gasteiger partial charge in [-0.15, -0.1) is 16.4 Å². The predicted molar refractivity (Wildman–Crippen MR) is 90.7 cm³/mol. The molecule has 110 valence electrons. The van der Waals surface area contributed by atoms with E-state index in [1.165, 1.54) is 19.9 Å². The first kappa shape index (κ1) is 16.1. The average Bonchev–Trinajstić information content (AvgIpc) is 3.05. The van der Waals surface area contributed by atoms with Crippen LogP contribution in [0.3, 0.4) is 0 Å². The standard InChI is InChI=1S/C14H20BrN3S2/c1-3-5-11-14(20-18-17-11)12(16-7-4-2)9-13-10(15)6-8-19-13/h6,8,12,16H,3-5,7,9H2,1-2H3. The minimum Gasteiger partial charge on any atom is -0.309 e. The molecule has 0 saturated heterocycles. The van der Waals surface area contributed by atoms with Crippen LogP contribution in [0.2, 0.25) is 0 Å². The Morgan fingerprint density at radius 3 is 2.85 bits per heavy atom. The number of thiophene rings is 1. The summed E-state index contributed by atoms with van der Waals surface area (Å²) in [5, 5.41) is 10.1. The molecular weight excluding hydrogens is 354 g/mol. The van der Waals surface area contributed by atoms with Gasteiger partial charge in [0.2, 0.25) is 0 Å². The Balaban J connectivity index is 2.18. The fourth-order valence-electron chi connectivity index (χ4n) is 2.12. The molecule has 1 atom stereocenters. The Bertz CT molecular complexity index is 524. The zero-order valence-electron chi connectivity index (χ0n) is 11.9. The summed E-state index contributed by atoms with van der Waals surface area (Å²) in [4.78, 5) is 2.69. The third-order valence-corrected chi connectivity index (χ3v) is 5.94. The molecule has 1 unspecified atom stereocenters. The van der Waals surface area contributed by atoms with Gasteiger partial charge in [-0.2, -0.15) is 0 Å². The Labute approximate surface area is 137 Å². The minimum atomic E-state index is 0.325. The van der Waals surface area contributed by atoms with Crippen molar-refractivity contribution in [2.24, 2.45) is 0 Å². The number of halogens is 1. The highest BCUT2D eigenvalue weighted by Crippen LogP contribution is 2.30. The van der Waals surface area contributed by atoms with Crippen molar-refractivity contribution in [3.8, 4) is 0 Å². The van der Waals surface area contributed by atoms with Gasteiger partial charge in [-0.1, -0.05) is 24.8 Å². The van der Waals surface area contributed by atoms with Gasteiger partial charge in [-0.3, -0.25) is 0 Å². The predicted octanol–water partition coefficient (Wildman–Crippen LogP) is 4.60. The molecule has 0 aliphatic rings. The summed E-state index contributed by atoms with van der Waals surface area (Å²) in [6, 6.07) is 2.45. The van der Waals surface area contributed by atoms with Crippen LogP contribution < -0.4 is 5.32 Å². The van der Waals surface area contributed by atoms with E-state index in [0.29, 0.717) is 6.04 Å². The molecule has 0 aromatic carbocycles. The maximum Gasteiger partial charge on any atom is 0.0803 e. The van der Waals surface area contributed by atoms with Crippen LogP contribution in [-0.2, 0) is 12.8 Å². The van der Waals surface area contributed by atoms with E-state index in [2.05, 4.69) is 56.1 Å². The van der Waals surface area contributed by atoms with Crippen molar-refractivity contribution in [3.63, 3.8) is 0 Å². The summed E-state index contributed by atoms with van der Waals surface area (Å²) in [6.45, 7) is 5.41. The lowest BCUT2D eigenvalue weighted by Gasteiger charge is -2.17. The summed E-state index contributed by atoms with van der Waals surface area (Å²) in [5.74, 6) is 0. The second-order valence-corrected chi connectivity index (χ2v) is 7.38. The van der Waals surface area contributed by atoms with E-state index in [1.807, 2.05) is 0 Å². The molecule has 0 amide bonds. The smallest absolute Gasteiger partial charge is 0.0803 e. The topological polar surface area (TPSA) is 37.8 Å². The number of nitrogens with zero attached hydrogens (tertiary/aromatic N) is 2. The van der Waals surface area contributed by atoms with Gasteiger partial charge in [0.25, 0.3) is 0 Å². The van der Waals surface area contributed by atoms with Crippen LogP contribution in [0.15, 0.2) is 15.9 Å². The van der Waals surface area contributed by atoms with Crippen molar-refractivity contribution in [1.29, 1.82) is 0 Å². The second-order valence-electron chi connectivity index (χ2n) is 4.74. The fourth-order valence-corrected chi connectivity index (χ4v) is 4.45. The molecule has 2 aromatic rings. The van der Waals surface area contributed by atoms with E-state index in [4.69, 9.17) is 0 Å². The molecule has 6 heteroatoms. The highest BCUT2D eigenvalue weighted by molar-refractivity contribution is 9.10. The summed E-state index contributed by atoms with van der Waals surface area (Å²) >= 11 is 6.98. The van der Waals surface area contributed by atoms with E-state index in [9.17, 15) is 0 Å². The van der Waals surface area contributed by atoms with Crippen molar-refractivity contribution in [2.45, 2.75) is 45.6 Å². The van der Waals surface area contributed by atoms with Gasteiger partial charge in [-0.05, 0) is 58.3 Å². The number of aromatic nitrogens is 2. The lowest BCUT2D eigenvalue weighted by molar-refractivity contribution is 0.534. The maximum absolute atomic E-state index is 4.31. The number of rotatable bonds is 8. The van der Waals surface area contributed by atoms with E-state index >= 15 is 0 Å². The van der Waals surface area contributed by atoms with Crippen LogP contribution in [0.1, 0.15) is 48.2 Å². The molecule has 1 N–H and O–H groups in total. The number of nitrogens with one attached hydrogen (secondary N) is 1.